The van der Waals surface area contributed by atoms with Gasteiger partial charge in [-0.25, -0.2) is 4.79 Å². The Morgan fingerprint density at radius 1 is 1.48 bits per heavy atom. The number of nitro benzene ring substituents is 1. The molecule has 1 saturated heterocycles. The van der Waals surface area contributed by atoms with Crippen molar-refractivity contribution in [2.45, 2.75) is 17.7 Å². The first kappa shape index (κ1) is 17.0. The van der Waals surface area contributed by atoms with E-state index in [2.05, 4.69) is 10.6 Å². The van der Waals surface area contributed by atoms with E-state index in [4.69, 9.17) is 9.47 Å². The predicted octanol–water partition coefficient (Wildman–Crippen LogP) is 0.983. The number of benzene rings is 1. The molecule has 1 unspecified atom stereocenters. The van der Waals surface area contributed by atoms with Gasteiger partial charge >= 0.3 is 6.09 Å². The minimum atomic E-state index is -1.45. The van der Waals surface area contributed by atoms with Gasteiger partial charge in [0, 0.05) is 19.2 Å². The molecule has 1 aromatic carbocycles. The standard InChI is InChI=1S/C13H15N3O6S/c1-21-13(10(17)14-11(13)23-2)15-12(18)22-7-8-3-5-9(6-4-8)16(19)20/h3-6,11H,7H2,1-2H3,(H,14,17)(H,15,18)/t11?,13-/m0/s1. The fourth-order valence-electron chi connectivity index (χ4n) is 2.02. The summed E-state index contributed by atoms with van der Waals surface area (Å²) in [6.45, 7) is -0.0881. The lowest BCUT2D eigenvalue weighted by atomic mass is 10.1. The van der Waals surface area contributed by atoms with Crippen molar-refractivity contribution in [3.8, 4) is 0 Å². The van der Waals surface area contributed by atoms with E-state index in [0.717, 1.165) is 0 Å². The number of non-ortho nitro benzene ring substituents is 1. The Morgan fingerprint density at radius 2 is 2.13 bits per heavy atom. The van der Waals surface area contributed by atoms with Crippen LogP contribution in [0.3, 0.4) is 0 Å². The number of ether oxygens (including phenoxy) is 2. The van der Waals surface area contributed by atoms with Crippen LogP contribution in [0.4, 0.5) is 10.5 Å². The van der Waals surface area contributed by atoms with Gasteiger partial charge in [0.05, 0.1) is 4.92 Å². The number of alkyl carbamates (subject to hydrolysis) is 1. The number of rotatable bonds is 6. The fraction of sp³-hybridized carbons (Fsp3) is 0.385. The quantitative estimate of drug-likeness (QED) is 0.342. The van der Waals surface area contributed by atoms with Gasteiger partial charge < -0.3 is 14.8 Å². The average Bonchev–Trinajstić information content (AvgIpc) is 2.55. The lowest BCUT2D eigenvalue weighted by Crippen LogP contribution is -2.79. The van der Waals surface area contributed by atoms with Crippen LogP contribution >= 0.6 is 11.8 Å². The molecule has 2 atom stereocenters. The highest BCUT2D eigenvalue weighted by atomic mass is 32.2. The molecule has 2 rings (SSSR count). The van der Waals surface area contributed by atoms with Crippen LogP contribution in [0.5, 0.6) is 0 Å². The molecule has 1 fully saturated rings. The number of carbonyl (C=O) groups excluding carboxylic acids is 2. The number of methoxy groups -OCH3 is 1. The first-order chi connectivity index (χ1) is 10.9. The summed E-state index contributed by atoms with van der Waals surface area (Å²) in [5, 5.41) is 15.1. The highest BCUT2D eigenvalue weighted by molar-refractivity contribution is 7.99. The fourth-order valence-corrected chi connectivity index (χ4v) is 2.84. The van der Waals surface area contributed by atoms with E-state index in [9.17, 15) is 19.7 Å². The van der Waals surface area contributed by atoms with Gasteiger partial charge in [0.25, 0.3) is 17.3 Å². The van der Waals surface area contributed by atoms with Crippen LogP contribution in [-0.4, -0.2) is 41.4 Å². The van der Waals surface area contributed by atoms with Crippen LogP contribution in [-0.2, 0) is 20.9 Å². The van der Waals surface area contributed by atoms with Gasteiger partial charge in [0.15, 0.2) is 0 Å². The summed E-state index contributed by atoms with van der Waals surface area (Å²) in [7, 11) is 1.32. The summed E-state index contributed by atoms with van der Waals surface area (Å²) >= 11 is 1.32. The Morgan fingerprint density at radius 3 is 2.61 bits per heavy atom. The van der Waals surface area contributed by atoms with Crippen molar-refractivity contribution in [2.75, 3.05) is 13.4 Å². The molecule has 124 valence electrons. The van der Waals surface area contributed by atoms with E-state index in [-0.39, 0.29) is 12.3 Å². The SMILES string of the molecule is CO[C@@]1(NC(=O)OCc2ccc([N+](=O)[O-])cc2)C(=O)NC1SC. The van der Waals surface area contributed by atoms with E-state index >= 15 is 0 Å². The molecule has 1 aromatic rings. The van der Waals surface area contributed by atoms with Crippen molar-refractivity contribution < 1.29 is 24.0 Å². The maximum Gasteiger partial charge on any atom is 0.410 e. The molecule has 0 radical (unpaired) electrons. The number of β-lactam (4-membered cyclic amide) rings is 1. The Labute approximate surface area is 135 Å². The maximum absolute atomic E-state index is 11.9. The number of hydrogen-bond donors (Lipinski definition) is 2. The molecule has 2 N–H and O–H groups in total. The number of thioether (sulfide) groups is 1. The van der Waals surface area contributed by atoms with Gasteiger partial charge in [0.1, 0.15) is 12.0 Å². The van der Waals surface area contributed by atoms with Crippen LogP contribution in [0.15, 0.2) is 24.3 Å². The van der Waals surface area contributed by atoms with Gasteiger partial charge in [-0.05, 0) is 24.0 Å². The zero-order chi connectivity index (χ0) is 17.0. The van der Waals surface area contributed by atoms with Crippen LogP contribution in [0, 0.1) is 10.1 Å². The number of amides is 2. The third-order valence-electron chi connectivity index (χ3n) is 3.33. The van der Waals surface area contributed by atoms with E-state index in [1.165, 1.54) is 43.1 Å². The molecular formula is C13H15N3O6S. The van der Waals surface area contributed by atoms with Crippen molar-refractivity contribution in [1.82, 2.24) is 10.6 Å². The van der Waals surface area contributed by atoms with E-state index < -0.39 is 28.0 Å². The monoisotopic (exact) mass is 341 g/mol. The number of carbonyl (C=O) groups is 2. The topological polar surface area (TPSA) is 120 Å². The third-order valence-corrected chi connectivity index (χ3v) is 4.25. The van der Waals surface area contributed by atoms with Crippen LogP contribution < -0.4 is 10.6 Å². The molecule has 0 aliphatic carbocycles. The lowest BCUT2D eigenvalue weighted by Gasteiger charge is -2.45. The Bertz CT molecular complexity index is 623. The molecule has 1 aliphatic heterocycles. The first-order valence-electron chi connectivity index (χ1n) is 6.50. The van der Waals surface area contributed by atoms with Gasteiger partial charge in [-0.2, -0.15) is 0 Å². The second-order valence-corrected chi connectivity index (χ2v) is 5.60. The number of nitrogens with zero attached hydrogens (tertiary/aromatic N) is 1. The normalized spacial score (nSPS) is 22.7. The molecule has 10 heteroatoms. The largest absolute Gasteiger partial charge is 0.445 e. The van der Waals surface area contributed by atoms with Gasteiger partial charge in [0.2, 0.25) is 0 Å². The summed E-state index contributed by atoms with van der Waals surface area (Å²) in [4.78, 5) is 33.6. The molecule has 0 spiro atoms. The van der Waals surface area contributed by atoms with Crippen molar-refractivity contribution >= 4 is 29.4 Å². The highest BCUT2D eigenvalue weighted by Crippen LogP contribution is 2.29. The highest BCUT2D eigenvalue weighted by Gasteiger charge is 2.57. The van der Waals surface area contributed by atoms with Gasteiger partial charge in [-0.1, -0.05) is 0 Å². The van der Waals surface area contributed by atoms with Crippen molar-refractivity contribution in [2.24, 2.45) is 0 Å². The second kappa shape index (κ2) is 6.84. The zero-order valence-corrected chi connectivity index (χ0v) is 13.2. The zero-order valence-electron chi connectivity index (χ0n) is 12.4. The van der Waals surface area contributed by atoms with Crippen molar-refractivity contribution in [3.05, 3.63) is 39.9 Å². The maximum atomic E-state index is 11.9. The van der Waals surface area contributed by atoms with Gasteiger partial charge in [-0.3, -0.25) is 20.2 Å². The molecule has 9 nitrogen and oxygen atoms in total. The second-order valence-electron chi connectivity index (χ2n) is 4.65. The summed E-state index contributed by atoms with van der Waals surface area (Å²) in [5.74, 6) is -0.452. The minimum absolute atomic E-state index is 0.0505. The van der Waals surface area contributed by atoms with Crippen molar-refractivity contribution in [1.29, 1.82) is 0 Å². The molecule has 2 amide bonds. The van der Waals surface area contributed by atoms with Crippen LogP contribution in [0.2, 0.25) is 0 Å². The Balaban J connectivity index is 1.92. The first-order valence-corrected chi connectivity index (χ1v) is 7.79. The van der Waals surface area contributed by atoms with Crippen LogP contribution in [0.25, 0.3) is 0 Å². The van der Waals surface area contributed by atoms with E-state index in [1.807, 2.05) is 0 Å². The van der Waals surface area contributed by atoms with E-state index in [1.54, 1.807) is 6.26 Å². The summed E-state index contributed by atoms with van der Waals surface area (Å²) in [6, 6.07) is 5.60. The molecule has 0 aromatic heterocycles. The summed E-state index contributed by atoms with van der Waals surface area (Å²) in [5.41, 5.74) is -0.923. The number of hydrogen-bond acceptors (Lipinski definition) is 7. The molecule has 0 bridgehead atoms. The molecule has 0 saturated carbocycles. The molecular weight excluding hydrogens is 326 g/mol. The third kappa shape index (κ3) is 3.37. The molecule has 23 heavy (non-hydrogen) atoms. The Kier molecular flexibility index (Phi) is 5.06. The van der Waals surface area contributed by atoms with Crippen molar-refractivity contribution in [3.63, 3.8) is 0 Å². The molecule has 1 aliphatic rings. The minimum Gasteiger partial charge on any atom is -0.445 e. The Hall–Kier alpha value is -2.33. The predicted molar refractivity (Wildman–Crippen MR) is 81.6 cm³/mol. The van der Waals surface area contributed by atoms with Gasteiger partial charge in [-0.15, -0.1) is 11.8 Å². The lowest BCUT2D eigenvalue weighted by molar-refractivity contribution is -0.384. The average molecular weight is 341 g/mol. The number of nitro groups is 1. The molecule has 1 heterocycles. The smallest absolute Gasteiger partial charge is 0.410 e. The van der Waals surface area contributed by atoms with E-state index in [0.29, 0.717) is 5.56 Å². The van der Waals surface area contributed by atoms with Crippen LogP contribution in [0.1, 0.15) is 5.56 Å². The number of nitrogens with one attached hydrogen (secondary N) is 2. The summed E-state index contributed by atoms with van der Waals surface area (Å²) < 4.78 is 10.1. The summed E-state index contributed by atoms with van der Waals surface area (Å²) in [6.07, 6.45) is 0.945.